The number of methoxy groups -OCH3 is 3. The predicted molar refractivity (Wildman–Crippen MR) is 157 cm³/mol. The van der Waals surface area contributed by atoms with Gasteiger partial charge in [0.25, 0.3) is 16.6 Å². The minimum atomic E-state index is -2.27. The van der Waals surface area contributed by atoms with Gasteiger partial charge in [-0.05, 0) is 60.0 Å². The summed E-state index contributed by atoms with van der Waals surface area (Å²) < 4.78 is 44.9. The van der Waals surface area contributed by atoms with Gasteiger partial charge in [0.1, 0.15) is 11.6 Å². The van der Waals surface area contributed by atoms with Gasteiger partial charge >= 0.3 is 0 Å². The predicted octanol–water partition coefficient (Wildman–Crippen LogP) is 8.79. The minimum absolute atomic E-state index is 0.0483. The Morgan fingerprint density at radius 3 is 1.54 bits per heavy atom. The molecule has 5 nitrogen and oxygen atoms in total. The highest BCUT2D eigenvalue weighted by Crippen LogP contribution is 2.46. The van der Waals surface area contributed by atoms with E-state index >= 15 is 4.39 Å². The molecule has 0 aromatic heterocycles. The number of hydrogen-bond acceptors (Lipinski definition) is 5. The highest BCUT2D eigenvalue weighted by molar-refractivity contribution is 6.75. The van der Waals surface area contributed by atoms with E-state index in [0.29, 0.717) is 34.3 Å². The van der Waals surface area contributed by atoms with Crippen molar-refractivity contribution < 1.29 is 27.5 Å². The number of benzene rings is 2. The highest BCUT2D eigenvalue weighted by atomic mass is 28.4. The summed E-state index contributed by atoms with van der Waals surface area (Å²) in [5.41, 5.74) is 1.43. The first-order valence-corrected chi connectivity index (χ1v) is 18.4. The summed E-state index contributed by atoms with van der Waals surface area (Å²) in [6, 6.07) is 6.65. The molecule has 2 rings (SSSR count). The van der Waals surface area contributed by atoms with Gasteiger partial charge in [0.05, 0.1) is 21.3 Å². The van der Waals surface area contributed by atoms with Crippen molar-refractivity contribution in [3.8, 4) is 28.7 Å². The molecule has 0 spiro atoms. The topological polar surface area (TPSA) is 46.2 Å². The monoisotopic (exact) mass is 548 g/mol. The summed E-state index contributed by atoms with van der Waals surface area (Å²) in [5.74, 6) is 2.27. The van der Waals surface area contributed by atoms with Crippen LogP contribution in [0, 0.1) is 5.82 Å². The molecule has 0 bridgehead atoms. The molecule has 2 aromatic rings. The molecular weight excluding hydrogens is 503 g/mol. The Balaban J connectivity index is 2.72. The standard InChI is InChI=1S/C29H45FO5Si2/c1-28(2,3)36(10,11)34-25-19-22(30)18-21(26(25)35-37(12,13)29(4,5)6)15-14-20-16-23(31-7)27(33-9)24(17-20)32-8/h14-19H,1-13H3/b15-14-. The Kier molecular flexibility index (Phi) is 9.24. The van der Waals surface area contributed by atoms with Gasteiger partial charge in [-0.1, -0.05) is 53.7 Å². The first kappa shape index (κ1) is 30.8. The molecular formula is C29H45FO5Si2. The summed E-state index contributed by atoms with van der Waals surface area (Å²) in [7, 11) is 0.176. The zero-order chi connectivity index (χ0) is 28.4. The third-order valence-electron chi connectivity index (χ3n) is 7.53. The van der Waals surface area contributed by atoms with Gasteiger partial charge in [0.2, 0.25) is 5.75 Å². The second-order valence-corrected chi connectivity index (χ2v) is 21.8. The van der Waals surface area contributed by atoms with Gasteiger partial charge in [-0.2, -0.15) is 0 Å². The lowest BCUT2D eigenvalue weighted by Gasteiger charge is -2.40. The van der Waals surface area contributed by atoms with Crippen LogP contribution < -0.4 is 23.1 Å². The summed E-state index contributed by atoms with van der Waals surface area (Å²) in [5, 5.41) is -0.104. The van der Waals surface area contributed by atoms with E-state index in [1.165, 1.54) is 12.1 Å². The Morgan fingerprint density at radius 2 is 1.11 bits per heavy atom. The molecule has 8 heteroatoms. The number of ether oxygens (including phenoxy) is 3. The van der Waals surface area contributed by atoms with Crippen LogP contribution in [0.1, 0.15) is 52.7 Å². The van der Waals surface area contributed by atoms with Crippen molar-refractivity contribution in [1.29, 1.82) is 0 Å². The second-order valence-electron chi connectivity index (χ2n) is 12.3. The fraction of sp³-hybridized carbons (Fsp3) is 0.517. The van der Waals surface area contributed by atoms with Crippen molar-refractivity contribution in [2.24, 2.45) is 0 Å². The Hall–Kier alpha value is -2.46. The van der Waals surface area contributed by atoms with Crippen molar-refractivity contribution in [1.82, 2.24) is 0 Å². The van der Waals surface area contributed by atoms with Crippen LogP contribution in [0.3, 0.4) is 0 Å². The largest absolute Gasteiger partial charge is 0.541 e. The summed E-state index contributed by atoms with van der Waals surface area (Å²) in [4.78, 5) is 0. The maximum atomic E-state index is 15.0. The molecule has 37 heavy (non-hydrogen) atoms. The molecule has 0 saturated heterocycles. The lowest BCUT2D eigenvalue weighted by atomic mass is 10.1. The third-order valence-corrected chi connectivity index (χ3v) is 16.2. The van der Waals surface area contributed by atoms with Crippen LogP contribution in [0.4, 0.5) is 4.39 Å². The van der Waals surface area contributed by atoms with Crippen molar-refractivity contribution >= 4 is 28.8 Å². The van der Waals surface area contributed by atoms with E-state index in [1.807, 2.05) is 24.3 Å². The molecule has 0 radical (unpaired) electrons. The lowest BCUT2D eigenvalue weighted by molar-refractivity contribution is 0.324. The van der Waals surface area contributed by atoms with Crippen molar-refractivity contribution in [2.75, 3.05) is 21.3 Å². The van der Waals surface area contributed by atoms with Crippen molar-refractivity contribution in [2.45, 2.75) is 77.8 Å². The summed E-state index contributed by atoms with van der Waals surface area (Å²) in [6.07, 6.45) is 3.73. The van der Waals surface area contributed by atoms with Gasteiger partial charge in [0, 0.05) is 11.6 Å². The SMILES string of the molecule is COc1cc(/C=C\c2cc(F)cc(O[Si](C)(C)C(C)(C)C)c2O[Si](C)(C)C(C)(C)C)cc(OC)c1OC. The van der Waals surface area contributed by atoms with E-state index in [-0.39, 0.29) is 15.9 Å². The van der Waals surface area contributed by atoms with E-state index in [0.717, 1.165) is 5.56 Å². The molecule has 0 fully saturated rings. The molecule has 0 atom stereocenters. The Morgan fingerprint density at radius 1 is 0.622 bits per heavy atom. The normalized spacial score (nSPS) is 13.0. The number of rotatable bonds is 9. The molecule has 0 aliphatic rings. The maximum absolute atomic E-state index is 15.0. The molecule has 0 aliphatic carbocycles. The molecule has 0 aliphatic heterocycles. The van der Waals surface area contributed by atoms with Gasteiger partial charge in [-0.3, -0.25) is 0 Å². The molecule has 0 saturated carbocycles. The van der Waals surface area contributed by atoms with E-state index in [4.69, 9.17) is 23.1 Å². The van der Waals surface area contributed by atoms with Gasteiger partial charge in [-0.25, -0.2) is 4.39 Å². The van der Waals surface area contributed by atoms with Crippen LogP contribution in [0.2, 0.25) is 36.3 Å². The zero-order valence-electron chi connectivity index (χ0n) is 24.9. The maximum Gasteiger partial charge on any atom is 0.250 e. The second kappa shape index (κ2) is 11.1. The molecule has 206 valence electrons. The lowest BCUT2D eigenvalue weighted by Crippen LogP contribution is -2.46. The van der Waals surface area contributed by atoms with Crippen molar-refractivity contribution in [3.63, 3.8) is 0 Å². The fourth-order valence-corrected chi connectivity index (χ4v) is 5.16. The Labute approximate surface area is 225 Å². The van der Waals surface area contributed by atoms with Crippen LogP contribution in [0.25, 0.3) is 12.2 Å². The quantitative estimate of drug-likeness (QED) is 0.231. The van der Waals surface area contributed by atoms with E-state index in [1.54, 1.807) is 21.3 Å². The van der Waals surface area contributed by atoms with Gasteiger partial charge in [-0.15, -0.1) is 0 Å². The van der Waals surface area contributed by atoms with E-state index in [2.05, 4.69) is 67.7 Å². The molecule has 0 unspecified atom stereocenters. The minimum Gasteiger partial charge on any atom is -0.541 e. The van der Waals surface area contributed by atoms with Gasteiger partial charge in [0.15, 0.2) is 17.2 Å². The summed E-state index contributed by atoms with van der Waals surface area (Å²) in [6.45, 7) is 21.7. The number of halogens is 1. The van der Waals surface area contributed by atoms with E-state index < -0.39 is 16.6 Å². The Bertz CT molecular complexity index is 1100. The van der Waals surface area contributed by atoms with Gasteiger partial charge < -0.3 is 23.1 Å². The van der Waals surface area contributed by atoms with Crippen LogP contribution in [-0.4, -0.2) is 38.0 Å². The fourth-order valence-electron chi connectivity index (χ4n) is 3.12. The number of hydrogen-bond donors (Lipinski definition) is 0. The molecule has 0 heterocycles. The highest BCUT2D eigenvalue weighted by Gasteiger charge is 2.42. The van der Waals surface area contributed by atoms with Crippen molar-refractivity contribution in [3.05, 3.63) is 41.2 Å². The van der Waals surface area contributed by atoms with Crippen LogP contribution in [0.15, 0.2) is 24.3 Å². The smallest absolute Gasteiger partial charge is 0.250 e. The molecule has 0 amide bonds. The van der Waals surface area contributed by atoms with Crippen LogP contribution in [-0.2, 0) is 0 Å². The average Bonchev–Trinajstić information content (AvgIpc) is 2.76. The molecule has 0 N–H and O–H groups in total. The summed E-state index contributed by atoms with van der Waals surface area (Å²) >= 11 is 0. The third kappa shape index (κ3) is 7.10. The first-order valence-electron chi connectivity index (χ1n) is 12.6. The molecule has 2 aromatic carbocycles. The van der Waals surface area contributed by atoms with Crippen LogP contribution in [0.5, 0.6) is 28.7 Å². The average molecular weight is 549 g/mol. The van der Waals surface area contributed by atoms with Crippen LogP contribution >= 0.6 is 0 Å². The van der Waals surface area contributed by atoms with E-state index in [9.17, 15) is 0 Å². The first-order chi connectivity index (χ1) is 16.9. The zero-order valence-corrected chi connectivity index (χ0v) is 26.9.